The van der Waals surface area contributed by atoms with Gasteiger partial charge in [0.1, 0.15) is 17.0 Å². The Morgan fingerprint density at radius 1 is 1.35 bits per heavy atom. The SMILES string of the molecule is Cc1c(C#N)c(=N)oc2c1c(=O)[nH]n2-c1ccccc1. The number of aryl methyl sites for hydroxylation is 1. The van der Waals surface area contributed by atoms with E-state index in [-0.39, 0.29) is 22.4 Å². The minimum Gasteiger partial charge on any atom is -0.419 e. The molecule has 3 aromatic rings. The summed E-state index contributed by atoms with van der Waals surface area (Å²) in [5.41, 5.74) is 0.890. The Labute approximate surface area is 113 Å². The molecule has 0 saturated carbocycles. The molecule has 98 valence electrons. The smallest absolute Gasteiger partial charge is 0.276 e. The quantitative estimate of drug-likeness (QED) is 0.699. The predicted octanol–water partition coefficient (Wildman–Crippen LogP) is 1.57. The van der Waals surface area contributed by atoms with Crippen LogP contribution in [0, 0.1) is 23.7 Å². The molecule has 0 radical (unpaired) electrons. The summed E-state index contributed by atoms with van der Waals surface area (Å²) in [4.78, 5) is 12.1. The Morgan fingerprint density at radius 2 is 2.05 bits per heavy atom. The van der Waals surface area contributed by atoms with E-state index in [1.807, 2.05) is 36.4 Å². The van der Waals surface area contributed by atoms with Gasteiger partial charge in [0.15, 0.2) is 0 Å². The maximum absolute atomic E-state index is 12.1. The molecule has 0 fully saturated rings. The van der Waals surface area contributed by atoms with Gasteiger partial charge in [0.05, 0.1) is 5.69 Å². The molecule has 0 atom stereocenters. The van der Waals surface area contributed by atoms with Gasteiger partial charge in [-0.2, -0.15) is 5.26 Å². The number of rotatable bonds is 1. The molecule has 6 heteroatoms. The van der Waals surface area contributed by atoms with Crippen LogP contribution in [0.25, 0.3) is 16.8 Å². The van der Waals surface area contributed by atoms with Gasteiger partial charge < -0.3 is 4.42 Å². The first-order valence-electron chi connectivity index (χ1n) is 5.92. The normalized spacial score (nSPS) is 10.6. The number of nitriles is 1. The van der Waals surface area contributed by atoms with E-state index in [9.17, 15) is 4.79 Å². The molecule has 20 heavy (non-hydrogen) atoms. The van der Waals surface area contributed by atoms with Crippen molar-refractivity contribution in [3.8, 4) is 11.8 Å². The Morgan fingerprint density at radius 3 is 2.70 bits per heavy atom. The Kier molecular flexibility index (Phi) is 2.54. The zero-order chi connectivity index (χ0) is 14.3. The van der Waals surface area contributed by atoms with Gasteiger partial charge in [-0.3, -0.25) is 15.3 Å². The molecule has 2 heterocycles. The molecule has 0 aliphatic heterocycles. The van der Waals surface area contributed by atoms with Gasteiger partial charge in [0.2, 0.25) is 11.3 Å². The number of hydrogen-bond acceptors (Lipinski definition) is 4. The van der Waals surface area contributed by atoms with Gasteiger partial charge in [-0.15, -0.1) is 0 Å². The van der Waals surface area contributed by atoms with E-state index < -0.39 is 0 Å². The van der Waals surface area contributed by atoms with Crippen molar-refractivity contribution in [1.82, 2.24) is 9.78 Å². The summed E-state index contributed by atoms with van der Waals surface area (Å²) in [6.07, 6.45) is 0. The van der Waals surface area contributed by atoms with Crippen molar-refractivity contribution in [3.05, 3.63) is 57.4 Å². The molecule has 3 rings (SSSR count). The largest absolute Gasteiger partial charge is 0.419 e. The molecule has 0 saturated heterocycles. The molecule has 0 unspecified atom stereocenters. The fourth-order valence-corrected chi connectivity index (χ4v) is 2.18. The molecule has 6 nitrogen and oxygen atoms in total. The van der Waals surface area contributed by atoms with Crippen molar-refractivity contribution < 1.29 is 4.42 Å². The van der Waals surface area contributed by atoms with E-state index >= 15 is 0 Å². The summed E-state index contributed by atoms with van der Waals surface area (Å²) >= 11 is 0. The third-order valence-electron chi connectivity index (χ3n) is 3.16. The van der Waals surface area contributed by atoms with Crippen LogP contribution in [0.1, 0.15) is 11.1 Å². The van der Waals surface area contributed by atoms with Gasteiger partial charge in [0, 0.05) is 0 Å². The van der Waals surface area contributed by atoms with E-state index in [1.165, 1.54) is 4.68 Å². The maximum atomic E-state index is 12.1. The zero-order valence-electron chi connectivity index (χ0n) is 10.6. The first-order chi connectivity index (χ1) is 9.63. The van der Waals surface area contributed by atoms with Gasteiger partial charge in [-0.05, 0) is 24.6 Å². The number of aromatic amines is 1. The number of aromatic nitrogens is 2. The van der Waals surface area contributed by atoms with Crippen LogP contribution in [0.5, 0.6) is 0 Å². The lowest BCUT2D eigenvalue weighted by Gasteiger charge is -2.03. The summed E-state index contributed by atoms with van der Waals surface area (Å²) < 4.78 is 6.82. The highest BCUT2D eigenvalue weighted by atomic mass is 16.3. The fraction of sp³-hybridized carbons (Fsp3) is 0.0714. The first-order valence-corrected chi connectivity index (χ1v) is 5.92. The number of benzene rings is 1. The van der Waals surface area contributed by atoms with Crippen molar-refractivity contribution in [3.63, 3.8) is 0 Å². The summed E-state index contributed by atoms with van der Waals surface area (Å²) in [5, 5.41) is 19.7. The number of hydrogen-bond donors (Lipinski definition) is 2. The van der Waals surface area contributed by atoms with Crippen molar-refractivity contribution in [2.24, 2.45) is 0 Å². The molecule has 0 aliphatic carbocycles. The van der Waals surface area contributed by atoms with E-state index in [4.69, 9.17) is 15.1 Å². The third-order valence-corrected chi connectivity index (χ3v) is 3.16. The number of H-pyrrole nitrogens is 1. The molecular weight excluding hydrogens is 256 g/mol. The minimum absolute atomic E-state index is 0.0776. The van der Waals surface area contributed by atoms with E-state index in [0.29, 0.717) is 16.6 Å². The summed E-state index contributed by atoms with van der Waals surface area (Å²) in [5.74, 6) is 0. The van der Waals surface area contributed by atoms with Crippen LogP contribution in [0.2, 0.25) is 0 Å². The lowest BCUT2D eigenvalue weighted by atomic mass is 10.1. The van der Waals surface area contributed by atoms with Gasteiger partial charge >= 0.3 is 0 Å². The second-order valence-corrected chi connectivity index (χ2v) is 4.34. The van der Waals surface area contributed by atoms with Gasteiger partial charge in [-0.1, -0.05) is 18.2 Å². The summed E-state index contributed by atoms with van der Waals surface area (Å²) in [6.45, 7) is 1.64. The highest BCUT2D eigenvalue weighted by Crippen LogP contribution is 2.18. The van der Waals surface area contributed by atoms with Crippen LogP contribution < -0.4 is 11.1 Å². The van der Waals surface area contributed by atoms with Crippen LogP contribution in [-0.2, 0) is 0 Å². The highest BCUT2D eigenvalue weighted by Gasteiger charge is 2.17. The molecular formula is C14H10N4O2. The number of nitrogens with zero attached hydrogens (tertiary/aromatic N) is 2. The molecule has 0 spiro atoms. The van der Waals surface area contributed by atoms with Crippen LogP contribution >= 0.6 is 0 Å². The van der Waals surface area contributed by atoms with E-state index in [0.717, 1.165) is 0 Å². The van der Waals surface area contributed by atoms with Crippen LogP contribution in [0.3, 0.4) is 0 Å². The van der Waals surface area contributed by atoms with Crippen LogP contribution in [-0.4, -0.2) is 9.78 Å². The van der Waals surface area contributed by atoms with E-state index in [2.05, 4.69) is 5.10 Å². The predicted molar refractivity (Wildman–Crippen MR) is 71.5 cm³/mol. The molecule has 1 aromatic carbocycles. The fourth-order valence-electron chi connectivity index (χ4n) is 2.18. The Bertz CT molecular complexity index is 955. The second kappa shape index (κ2) is 4.24. The third kappa shape index (κ3) is 1.57. The molecule has 0 aliphatic rings. The summed E-state index contributed by atoms with van der Waals surface area (Å²) in [7, 11) is 0. The number of nitrogens with one attached hydrogen (secondary N) is 2. The maximum Gasteiger partial charge on any atom is 0.276 e. The van der Waals surface area contributed by atoms with E-state index in [1.54, 1.807) is 6.92 Å². The zero-order valence-corrected chi connectivity index (χ0v) is 10.6. The number of para-hydroxylation sites is 1. The van der Waals surface area contributed by atoms with Gasteiger partial charge in [-0.25, -0.2) is 4.68 Å². The lowest BCUT2D eigenvalue weighted by molar-refractivity contribution is 0.508. The highest BCUT2D eigenvalue weighted by molar-refractivity contribution is 5.79. The average molecular weight is 266 g/mol. The lowest BCUT2D eigenvalue weighted by Crippen LogP contribution is -2.09. The topological polar surface area (TPSA) is 98.6 Å². The minimum atomic E-state index is -0.346. The first kappa shape index (κ1) is 12.0. The van der Waals surface area contributed by atoms with Crippen LogP contribution in [0.4, 0.5) is 0 Å². The molecule has 2 N–H and O–H groups in total. The summed E-state index contributed by atoms with van der Waals surface area (Å²) in [6, 6.07) is 11.0. The van der Waals surface area contributed by atoms with Crippen LogP contribution in [0.15, 0.2) is 39.5 Å². The van der Waals surface area contributed by atoms with Crippen molar-refractivity contribution in [2.75, 3.05) is 0 Å². The van der Waals surface area contributed by atoms with Crippen molar-refractivity contribution >= 4 is 11.1 Å². The number of fused-ring (bicyclic) bond motifs is 1. The Hall–Kier alpha value is -3.07. The standard InChI is InChI=1S/C14H10N4O2/c1-8-10(7-15)12(16)20-14-11(8)13(19)17-18(14)9-5-3-2-4-6-9/h2-6,16H,1H3,(H,17,19). The average Bonchev–Trinajstić information content (AvgIpc) is 2.77. The van der Waals surface area contributed by atoms with Gasteiger partial charge in [0.25, 0.3) is 5.56 Å². The van der Waals surface area contributed by atoms with Crippen molar-refractivity contribution in [1.29, 1.82) is 10.7 Å². The van der Waals surface area contributed by atoms with Crippen molar-refractivity contribution in [2.45, 2.75) is 6.92 Å². The molecule has 0 amide bonds. The second-order valence-electron chi connectivity index (χ2n) is 4.34. The molecule has 0 bridgehead atoms. The monoisotopic (exact) mass is 266 g/mol. The molecule has 2 aromatic heterocycles. The Balaban J connectivity index is 2.48.